The van der Waals surface area contributed by atoms with Gasteiger partial charge in [0, 0.05) is 34.6 Å². The zero-order valence-electron chi connectivity index (χ0n) is 9.85. The normalized spacial score (nSPS) is 14.9. The van der Waals surface area contributed by atoms with Gasteiger partial charge in [-0.05, 0) is 25.8 Å². The van der Waals surface area contributed by atoms with Crippen LogP contribution in [0.5, 0.6) is 0 Å². The molecule has 86 valence electrons. The molecule has 3 heteroatoms. The van der Waals surface area contributed by atoms with Crippen molar-refractivity contribution in [3.8, 4) is 11.1 Å². The van der Waals surface area contributed by atoms with Crippen molar-refractivity contribution in [1.82, 2.24) is 9.97 Å². The van der Waals surface area contributed by atoms with Crippen molar-refractivity contribution in [3.63, 3.8) is 0 Å². The lowest BCUT2D eigenvalue weighted by atomic mass is 10.0. The summed E-state index contributed by atoms with van der Waals surface area (Å²) in [6.07, 6.45) is 4.36. The lowest BCUT2D eigenvalue weighted by molar-refractivity contribution is 0.908. The minimum Gasteiger partial charge on any atom is -0.398 e. The molecule has 1 saturated carbocycles. The van der Waals surface area contributed by atoms with E-state index in [1.54, 1.807) is 0 Å². The third-order valence-electron chi connectivity index (χ3n) is 3.19. The van der Waals surface area contributed by atoms with Gasteiger partial charge in [0.25, 0.3) is 0 Å². The van der Waals surface area contributed by atoms with E-state index >= 15 is 0 Å². The Morgan fingerprint density at radius 3 is 2.59 bits per heavy atom. The number of hydrogen-bond donors (Lipinski definition) is 1. The molecule has 2 aromatic rings. The van der Waals surface area contributed by atoms with Crippen LogP contribution in [0.15, 0.2) is 30.5 Å². The summed E-state index contributed by atoms with van der Waals surface area (Å²) < 4.78 is 0. The number of nitrogen functional groups attached to an aromatic ring is 1. The smallest absolute Gasteiger partial charge is 0.131 e. The largest absolute Gasteiger partial charge is 0.398 e. The highest BCUT2D eigenvalue weighted by Gasteiger charge is 2.26. The van der Waals surface area contributed by atoms with Gasteiger partial charge in [-0.3, -0.25) is 0 Å². The molecule has 0 amide bonds. The predicted octanol–water partition coefficient (Wildman–Crippen LogP) is 2.91. The first-order chi connectivity index (χ1) is 8.25. The summed E-state index contributed by atoms with van der Waals surface area (Å²) in [6, 6.07) is 7.84. The zero-order chi connectivity index (χ0) is 11.8. The molecule has 0 bridgehead atoms. The highest BCUT2D eigenvalue weighted by atomic mass is 14.9. The Bertz CT molecular complexity index is 559. The van der Waals surface area contributed by atoms with Crippen molar-refractivity contribution >= 4 is 5.69 Å². The maximum Gasteiger partial charge on any atom is 0.131 e. The van der Waals surface area contributed by atoms with E-state index in [2.05, 4.69) is 9.97 Å². The van der Waals surface area contributed by atoms with E-state index in [-0.39, 0.29) is 0 Å². The van der Waals surface area contributed by atoms with E-state index in [0.29, 0.717) is 5.92 Å². The fraction of sp³-hybridized carbons (Fsp3) is 0.286. The minimum atomic E-state index is 0.593. The third kappa shape index (κ3) is 1.88. The number of nitrogens with zero attached hydrogens (tertiary/aromatic N) is 2. The molecular formula is C14H15N3. The Kier molecular flexibility index (Phi) is 2.32. The molecule has 0 radical (unpaired) electrons. The molecule has 0 unspecified atom stereocenters. The van der Waals surface area contributed by atoms with E-state index < -0.39 is 0 Å². The molecule has 1 aromatic heterocycles. The second-order valence-electron chi connectivity index (χ2n) is 4.59. The van der Waals surface area contributed by atoms with Crippen LogP contribution >= 0.6 is 0 Å². The standard InChI is InChI=1S/C14H15N3/c1-9-12(11-4-2-3-5-13(11)15)8-16-14(17-9)10-6-7-10/h2-5,8,10H,6-7,15H2,1H3. The van der Waals surface area contributed by atoms with Gasteiger partial charge in [-0.2, -0.15) is 0 Å². The Labute approximate surface area is 101 Å². The van der Waals surface area contributed by atoms with Gasteiger partial charge in [0.05, 0.1) is 0 Å². The number of anilines is 1. The van der Waals surface area contributed by atoms with Crippen molar-refractivity contribution in [2.75, 3.05) is 5.73 Å². The molecule has 0 atom stereocenters. The molecule has 1 heterocycles. The molecule has 1 fully saturated rings. The zero-order valence-corrected chi connectivity index (χ0v) is 9.85. The van der Waals surface area contributed by atoms with Crippen LogP contribution in [0.2, 0.25) is 0 Å². The molecule has 0 spiro atoms. The fourth-order valence-corrected chi connectivity index (χ4v) is 2.03. The average molecular weight is 225 g/mol. The third-order valence-corrected chi connectivity index (χ3v) is 3.19. The number of aryl methyl sites for hydroxylation is 1. The molecule has 17 heavy (non-hydrogen) atoms. The first-order valence-corrected chi connectivity index (χ1v) is 5.94. The van der Waals surface area contributed by atoms with Crippen LogP contribution in [0, 0.1) is 6.92 Å². The molecule has 3 nitrogen and oxygen atoms in total. The molecular weight excluding hydrogens is 210 g/mol. The summed E-state index contributed by atoms with van der Waals surface area (Å²) in [4.78, 5) is 9.04. The first kappa shape index (κ1) is 10.3. The summed E-state index contributed by atoms with van der Waals surface area (Å²) in [5.74, 6) is 1.58. The molecule has 1 aliphatic rings. The maximum absolute atomic E-state index is 5.98. The number of rotatable bonds is 2. The molecule has 1 aliphatic carbocycles. The van der Waals surface area contributed by atoms with Crippen molar-refractivity contribution in [2.45, 2.75) is 25.7 Å². The van der Waals surface area contributed by atoms with Crippen molar-refractivity contribution in [3.05, 3.63) is 42.0 Å². The van der Waals surface area contributed by atoms with Gasteiger partial charge in [-0.1, -0.05) is 18.2 Å². The van der Waals surface area contributed by atoms with E-state index in [1.165, 1.54) is 12.8 Å². The Balaban J connectivity index is 2.06. The Morgan fingerprint density at radius 1 is 1.18 bits per heavy atom. The van der Waals surface area contributed by atoms with Gasteiger partial charge >= 0.3 is 0 Å². The van der Waals surface area contributed by atoms with Crippen molar-refractivity contribution in [1.29, 1.82) is 0 Å². The van der Waals surface area contributed by atoms with Crippen molar-refractivity contribution in [2.24, 2.45) is 0 Å². The average Bonchev–Trinajstić information content (AvgIpc) is 3.14. The lowest BCUT2D eigenvalue weighted by Crippen LogP contribution is -1.98. The van der Waals surface area contributed by atoms with Gasteiger partial charge in [-0.25, -0.2) is 9.97 Å². The van der Waals surface area contributed by atoms with Gasteiger partial charge < -0.3 is 5.73 Å². The highest BCUT2D eigenvalue weighted by molar-refractivity contribution is 5.76. The lowest BCUT2D eigenvalue weighted by Gasteiger charge is -2.08. The monoisotopic (exact) mass is 225 g/mol. The van der Waals surface area contributed by atoms with Crippen LogP contribution in [0.3, 0.4) is 0 Å². The van der Waals surface area contributed by atoms with E-state index in [1.807, 2.05) is 37.4 Å². The maximum atomic E-state index is 5.98. The van der Waals surface area contributed by atoms with Crippen molar-refractivity contribution < 1.29 is 0 Å². The summed E-state index contributed by atoms with van der Waals surface area (Å²) in [5, 5.41) is 0. The number of hydrogen-bond acceptors (Lipinski definition) is 3. The molecule has 0 saturated heterocycles. The molecule has 3 rings (SSSR count). The van der Waals surface area contributed by atoms with Crippen LogP contribution in [0.1, 0.15) is 30.3 Å². The quantitative estimate of drug-likeness (QED) is 0.799. The predicted molar refractivity (Wildman–Crippen MR) is 68.6 cm³/mol. The molecule has 2 N–H and O–H groups in total. The van der Waals surface area contributed by atoms with Crippen LogP contribution in [0.25, 0.3) is 11.1 Å². The summed E-state index contributed by atoms with van der Waals surface area (Å²) in [5.41, 5.74) is 9.82. The Morgan fingerprint density at radius 2 is 1.94 bits per heavy atom. The first-order valence-electron chi connectivity index (χ1n) is 5.94. The van der Waals surface area contributed by atoms with Crippen LogP contribution in [-0.4, -0.2) is 9.97 Å². The Hall–Kier alpha value is -1.90. The molecule has 0 aliphatic heterocycles. The van der Waals surface area contributed by atoms with Crippen LogP contribution in [-0.2, 0) is 0 Å². The number of para-hydroxylation sites is 1. The van der Waals surface area contributed by atoms with E-state index in [4.69, 9.17) is 5.73 Å². The van der Waals surface area contributed by atoms with E-state index in [9.17, 15) is 0 Å². The number of aromatic nitrogens is 2. The minimum absolute atomic E-state index is 0.593. The second-order valence-corrected chi connectivity index (χ2v) is 4.59. The SMILES string of the molecule is Cc1nc(C2CC2)ncc1-c1ccccc1N. The second kappa shape index (κ2) is 3.84. The van der Waals surface area contributed by atoms with Crippen LogP contribution < -0.4 is 5.73 Å². The number of nitrogens with two attached hydrogens (primary N) is 1. The summed E-state index contributed by atoms with van der Waals surface area (Å²) in [7, 11) is 0. The topological polar surface area (TPSA) is 51.8 Å². The van der Waals surface area contributed by atoms with E-state index in [0.717, 1.165) is 28.3 Å². The fourth-order valence-electron chi connectivity index (χ4n) is 2.03. The summed E-state index contributed by atoms with van der Waals surface area (Å²) in [6.45, 7) is 2.02. The summed E-state index contributed by atoms with van der Waals surface area (Å²) >= 11 is 0. The highest BCUT2D eigenvalue weighted by Crippen LogP contribution is 2.38. The molecule has 1 aromatic carbocycles. The van der Waals surface area contributed by atoms with Gasteiger partial charge in [0.1, 0.15) is 5.82 Å². The number of benzene rings is 1. The van der Waals surface area contributed by atoms with Gasteiger partial charge in [-0.15, -0.1) is 0 Å². The van der Waals surface area contributed by atoms with Crippen LogP contribution in [0.4, 0.5) is 5.69 Å². The van der Waals surface area contributed by atoms with Gasteiger partial charge in [0.15, 0.2) is 0 Å². The van der Waals surface area contributed by atoms with Gasteiger partial charge in [0.2, 0.25) is 0 Å².